The van der Waals surface area contributed by atoms with Crippen molar-refractivity contribution in [1.82, 2.24) is 20.1 Å². The molecule has 104 valence electrons. The molecule has 7 heteroatoms. The third-order valence-corrected chi connectivity index (χ3v) is 4.82. The van der Waals surface area contributed by atoms with Crippen LogP contribution in [0.25, 0.3) is 10.7 Å². The zero-order valence-corrected chi connectivity index (χ0v) is 13.1. The number of hydrogen-bond donors (Lipinski definition) is 1. The van der Waals surface area contributed by atoms with Crippen molar-refractivity contribution in [2.75, 3.05) is 32.0 Å². The van der Waals surface area contributed by atoms with Gasteiger partial charge in [0.2, 0.25) is 5.13 Å². The molecule has 0 atom stereocenters. The maximum atomic E-state index is 4.64. The number of nitrogens with one attached hydrogen (secondary N) is 1. The number of thiazole rings is 1. The van der Waals surface area contributed by atoms with Gasteiger partial charge >= 0.3 is 0 Å². The molecule has 0 radical (unpaired) electrons. The van der Waals surface area contributed by atoms with Crippen molar-refractivity contribution >= 4 is 27.8 Å². The van der Waals surface area contributed by atoms with E-state index in [-0.39, 0.29) is 0 Å². The molecule has 0 aromatic carbocycles. The van der Waals surface area contributed by atoms with Crippen molar-refractivity contribution in [2.45, 2.75) is 20.3 Å². The zero-order valence-electron chi connectivity index (χ0n) is 11.5. The van der Waals surface area contributed by atoms with Crippen LogP contribution in [0.4, 0.5) is 5.13 Å². The fourth-order valence-electron chi connectivity index (χ4n) is 1.75. The summed E-state index contributed by atoms with van der Waals surface area (Å²) in [4.78, 5) is 7.05. The molecule has 2 rings (SSSR count). The number of aromatic nitrogens is 3. The smallest absolute Gasteiger partial charge is 0.205 e. The summed E-state index contributed by atoms with van der Waals surface area (Å²) >= 11 is 3.24. The highest BCUT2D eigenvalue weighted by Gasteiger charge is 2.10. The first-order valence-corrected chi connectivity index (χ1v) is 8.14. The molecule has 2 aromatic rings. The van der Waals surface area contributed by atoms with Gasteiger partial charge in [-0.15, -0.1) is 21.5 Å². The highest BCUT2D eigenvalue weighted by molar-refractivity contribution is 7.18. The first-order chi connectivity index (χ1) is 9.26. The molecule has 2 heterocycles. The second-order valence-electron chi connectivity index (χ2n) is 4.07. The molecule has 0 amide bonds. The van der Waals surface area contributed by atoms with Crippen LogP contribution < -0.4 is 5.32 Å². The Hall–Kier alpha value is -1.05. The molecule has 2 aromatic heterocycles. The van der Waals surface area contributed by atoms with Crippen LogP contribution in [0, 0.1) is 0 Å². The monoisotopic (exact) mass is 297 g/mol. The third kappa shape index (κ3) is 3.71. The first kappa shape index (κ1) is 14.4. The fraction of sp³-hybridized carbons (Fsp3) is 0.583. The maximum Gasteiger partial charge on any atom is 0.205 e. The average Bonchev–Trinajstić information content (AvgIpc) is 3.08. The second-order valence-corrected chi connectivity index (χ2v) is 5.99. The molecule has 0 bridgehead atoms. The molecule has 0 saturated heterocycles. The van der Waals surface area contributed by atoms with Gasteiger partial charge in [-0.2, -0.15) is 0 Å². The van der Waals surface area contributed by atoms with Gasteiger partial charge in [0.25, 0.3) is 0 Å². The number of nitrogens with zero attached hydrogens (tertiary/aromatic N) is 4. The quantitative estimate of drug-likeness (QED) is 0.851. The minimum atomic E-state index is 0.827. The summed E-state index contributed by atoms with van der Waals surface area (Å²) in [6, 6.07) is 0. The molecular weight excluding hydrogens is 278 g/mol. The Bertz CT molecular complexity index is 504. The summed E-state index contributed by atoms with van der Waals surface area (Å²) in [5.74, 6) is 0. The fourth-order valence-corrected chi connectivity index (χ4v) is 3.25. The number of rotatable bonds is 7. The van der Waals surface area contributed by atoms with E-state index < -0.39 is 0 Å². The minimum Gasteiger partial charge on any atom is -0.363 e. The van der Waals surface area contributed by atoms with Gasteiger partial charge in [-0.25, -0.2) is 4.98 Å². The van der Waals surface area contributed by atoms with Crippen LogP contribution in [0.15, 0.2) is 5.38 Å². The number of anilines is 1. The molecule has 1 N–H and O–H groups in total. The van der Waals surface area contributed by atoms with Crippen molar-refractivity contribution in [3.8, 4) is 10.7 Å². The van der Waals surface area contributed by atoms with Crippen LogP contribution >= 0.6 is 22.7 Å². The van der Waals surface area contributed by atoms with E-state index in [4.69, 9.17) is 0 Å². The zero-order chi connectivity index (χ0) is 13.7. The molecule has 0 spiro atoms. The van der Waals surface area contributed by atoms with Crippen LogP contribution in [-0.2, 0) is 6.42 Å². The van der Waals surface area contributed by atoms with Crippen LogP contribution in [0.2, 0.25) is 0 Å². The SMILES string of the molecule is CCN(CC)CCc1nc(-c2nnc(NC)s2)cs1. The summed E-state index contributed by atoms with van der Waals surface area (Å²) in [7, 11) is 1.85. The van der Waals surface area contributed by atoms with Gasteiger partial charge in [0, 0.05) is 25.4 Å². The molecule has 0 unspecified atom stereocenters. The lowest BCUT2D eigenvalue weighted by atomic mass is 10.4. The number of likely N-dealkylation sites (N-methyl/N-ethyl adjacent to an activating group) is 1. The minimum absolute atomic E-state index is 0.827. The van der Waals surface area contributed by atoms with Gasteiger partial charge in [0.1, 0.15) is 5.69 Å². The van der Waals surface area contributed by atoms with Gasteiger partial charge in [0.05, 0.1) is 5.01 Å². The van der Waals surface area contributed by atoms with E-state index in [9.17, 15) is 0 Å². The highest BCUT2D eigenvalue weighted by Crippen LogP contribution is 2.27. The Balaban J connectivity index is 1.98. The molecule has 0 aliphatic rings. The molecule has 0 saturated carbocycles. The second kappa shape index (κ2) is 6.93. The van der Waals surface area contributed by atoms with Crippen LogP contribution in [0.1, 0.15) is 18.9 Å². The summed E-state index contributed by atoms with van der Waals surface area (Å²) in [5, 5.41) is 16.1. The molecule has 5 nitrogen and oxygen atoms in total. The van der Waals surface area contributed by atoms with Gasteiger partial charge < -0.3 is 10.2 Å². The van der Waals surface area contributed by atoms with Gasteiger partial charge in [0.15, 0.2) is 5.01 Å². The predicted octanol–water partition coefficient (Wildman–Crippen LogP) is 2.59. The maximum absolute atomic E-state index is 4.64. The van der Waals surface area contributed by atoms with E-state index in [1.807, 2.05) is 7.05 Å². The third-order valence-electron chi connectivity index (χ3n) is 2.95. The van der Waals surface area contributed by atoms with Crippen LogP contribution in [0.3, 0.4) is 0 Å². The summed E-state index contributed by atoms with van der Waals surface area (Å²) in [6.07, 6.45) is 1.00. The van der Waals surface area contributed by atoms with E-state index in [0.29, 0.717) is 0 Å². The summed E-state index contributed by atoms with van der Waals surface area (Å²) in [6.45, 7) is 7.64. The lowest BCUT2D eigenvalue weighted by Crippen LogP contribution is -2.25. The Morgan fingerprint density at radius 3 is 2.68 bits per heavy atom. The summed E-state index contributed by atoms with van der Waals surface area (Å²) in [5.41, 5.74) is 0.943. The van der Waals surface area contributed by atoms with Crippen molar-refractivity contribution in [1.29, 1.82) is 0 Å². The van der Waals surface area contributed by atoms with E-state index in [0.717, 1.165) is 41.9 Å². The Morgan fingerprint density at radius 2 is 2.05 bits per heavy atom. The van der Waals surface area contributed by atoms with Crippen molar-refractivity contribution in [3.05, 3.63) is 10.4 Å². The van der Waals surface area contributed by atoms with Crippen molar-refractivity contribution in [2.24, 2.45) is 0 Å². The predicted molar refractivity (Wildman–Crippen MR) is 82.1 cm³/mol. The largest absolute Gasteiger partial charge is 0.363 e. The van der Waals surface area contributed by atoms with Crippen molar-refractivity contribution < 1.29 is 0 Å². The van der Waals surface area contributed by atoms with E-state index in [2.05, 4.69) is 44.6 Å². The molecule has 0 aliphatic heterocycles. The normalized spacial score (nSPS) is 11.2. The Labute approximate surface area is 121 Å². The molecular formula is C12H19N5S2. The van der Waals surface area contributed by atoms with Crippen molar-refractivity contribution in [3.63, 3.8) is 0 Å². The van der Waals surface area contributed by atoms with E-state index in [1.165, 1.54) is 16.3 Å². The lowest BCUT2D eigenvalue weighted by molar-refractivity contribution is 0.308. The lowest BCUT2D eigenvalue weighted by Gasteiger charge is -2.16. The average molecular weight is 297 g/mol. The Kier molecular flexibility index (Phi) is 5.24. The topological polar surface area (TPSA) is 53.9 Å². The van der Waals surface area contributed by atoms with E-state index >= 15 is 0 Å². The molecule has 19 heavy (non-hydrogen) atoms. The first-order valence-electron chi connectivity index (χ1n) is 6.45. The Morgan fingerprint density at radius 1 is 1.26 bits per heavy atom. The highest BCUT2D eigenvalue weighted by atomic mass is 32.1. The van der Waals surface area contributed by atoms with Gasteiger partial charge in [-0.1, -0.05) is 25.2 Å². The molecule has 0 aliphatic carbocycles. The van der Waals surface area contributed by atoms with Gasteiger partial charge in [-0.05, 0) is 13.1 Å². The standard InChI is InChI=1S/C12H19N5S2/c1-4-17(5-2)7-6-10-14-9(8-18-10)11-15-16-12(13-3)19-11/h8H,4-7H2,1-3H3,(H,13,16). The van der Waals surface area contributed by atoms with Crippen LogP contribution in [0.5, 0.6) is 0 Å². The van der Waals surface area contributed by atoms with Crippen LogP contribution in [-0.4, -0.2) is 46.8 Å². The summed E-state index contributed by atoms with van der Waals surface area (Å²) < 4.78 is 0. The van der Waals surface area contributed by atoms with E-state index in [1.54, 1.807) is 11.3 Å². The number of hydrogen-bond acceptors (Lipinski definition) is 7. The van der Waals surface area contributed by atoms with Gasteiger partial charge in [-0.3, -0.25) is 0 Å². The molecule has 0 fully saturated rings.